The summed E-state index contributed by atoms with van der Waals surface area (Å²) in [6, 6.07) is 5.09. The van der Waals surface area contributed by atoms with Crippen LogP contribution in [0.2, 0.25) is 0 Å². The maximum atomic E-state index is 12.0. The summed E-state index contributed by atoms with van der Waals surface area (Å²) in [7, 11) is 0. The largest absolute Gasteiger partial charge is 0.502 e. The topological polar surface area (TPSA) is 118 Å². The number of nitro benzene ring substituents is 1. The van der Waals surface area contributed by atoms with Crippen LogP contribution in [-0.2, 0) is 0 Å². The number of nitro groups is 1. The fourth-order valence-corrected chi connectivity index (χ4v) is 1.77. The van der Waals surface area contributed by atoms with Crippen LogP contribution in [0.5, 0.6) is 5.75 Å². The van der Waals surface area contributed by atoms with E-state index in [9.17, 15) is 20.0 Å². The molecule has 21 heavy (non-hydrogen) atoms. The molecular formula is C13H12N4O4. The van der Waals surface area contributed by atoms with Crippen LogP contribution < -0.4 is 5.32 Å². The standard InChI is InChI=1S/C13H12N4O4/c1-7-5-8(2)15-13(14-7)16-12(19)9-3-4-10(17(20)21)11(18)6-9/h3-6,18H,1-2H3,(H,14,15,16,19). The second-order valence-corrected chi connectivity index (χ2v) is 4.39. The van der Waals surface area contributed by atoms with Crippen molar-refractivity contribution in [3.63, 3.8) is 0 Å². The Balaban J connectivity index is 2.24. The van der Waals surface area contributed by atoms with Gasteiger partial charge in [-0.05, 0) is 32.0 Å². The first-order chi connectivity index (χ1) is 9.86. The van der Waals surface area contributed by atoms with Gasteiger partial charge >= 0.3 is 5.69 Å². The smallest absolute Gasteiger partial charge is 0.310 e. The van der Waals surface area contributed by atoms with Crippen LogP contribution in [0.4, 0.5) is 11.6 Å². The van der Waals surface area contributed by atoms with Gasteiger partial charge in [-0.3, -0.25) is 20.2 Å². The highest BCUT2D eigenvalue weighted by atomic mass is 16.6. The summed E-state index contributed by atoms with van der Waals surface area (Å²) in [6.45, 7) is 3.53. The van der Waals surface area contributed by atoms with E-state index in [1.165, 1.54) is 6.07 Å². The molecule has 2 N–H and O–H groups in total. The van der Waals surface area contributed by atoms with Crippen LogP contribution in [0.25, 0.3) is 0 Å². The Morgan fingerprint density at radius 2 is 1.86 bits per heavy atom. The zero-order valence-electron chi connectivity index (χ0n) is 11.3. The highest BCUT2D eigenvalue weighted by Gasteiger charge is 2.16. The Morgan fingerprint density at radius 3 is 2.38 bits per heavy atom. The van der Waals surface area contributed by atoms with E-state index in [4.69, 9.17) is 0 Å². The fraction of sp³-hybridized carbons (Fsp3) is 0.154. The van der Waals surface area contributed by atoms with Crippen molar-refractivity contribution in [1.29, 1.82) is 0 Å². The number of nitrogens with one attached hydrogen (secondary N) is 1. The molecule has 0 aliphatic carbocycles. The van der Waals surface area contributed by atoms with Gasteiger partial charge in [0.2, 0.25) is 5.95 Å². The molecule has 8 nitrogen and oxygen atoms in total. The molecule has 1 amide bonds. The number of carbonyl (C=O) groups is 1. The lowest BCUT2D eigenvalue weighted by Gasteiger charge is -2.06. The first-order valence-electron chi connectivity index (χ1n) is 5.98. The van der Waals surface area contributed by atoms with Gasteiger partial charge < -0.3 is 5.11 Å². The van der Waals surface area contributed by atoms with Gasteiger partial charge in [0.15, 0.2) is 5.75 Å². The third-order valence-electron chi connectivity index (χ3n) is 2.64. The van der Waals surface area contributed by atoms with Gasteiger partial charge in [0.1, 0.15) is 0 Å². The number of hydrogen-bond acceptors (Lipinski definition) is 6. The summed E-state index contributed by atoms with van der Waals surface area (Å²) < 4.78 is 0. The monoisotopic (exact) mass is 288 g/mol. The Morgan fingerprint density at radius 1 is 1.24 bits per heavy atom. The molecule has 0 fully saturated rings. The van der Waals surface area contributed by atoms with E-state index in [0.29, 0.717) is 11.4 Å². The molecule has 0 spiro atoms. The number of aryl methyl sites for hydroxylation is 2. The molecule has 0 unspecified atom stereocenters. The van der Waals surface area contributed by atoms with Gasteiger partial charge in [-0.15, -0.1) is 0 Å². The van der Waals surface area contributed by atoms with Crippen LogP contribution in [0.3, 0.4) is 0 Å². The summed E-state index contributed by atoms with van der Waals surface area (Å²) in [4.78, 5) is 30.0. The minimum Gasteiger partial charge on any atom is -0.502 e. The Kier molecular flexibility index (Phi) is 3.79. The first kappa shape index (κ1) is 14.4. The minimum absolute atomic E-state index is 0.0702. The molecule has 2 rings (SSSR count). The first-order valence-corrected chi connectivity index (χ1v) is 5.98. The average Bonchev–Trinajstić information content (AvgIpc) is 2.36. The molecule has 1 aromatic heterocycles. The van der Waals surface area contributed by atoms with Crippen molar-refractivity contribution >= 4 is 17.5 Å². The van der Waals surface area contributed by atoms with E-state index in [1.54, 1.807) is 19.9 Å². The number of hydrogen-bond donors (Lipinski definition) is 2. The van der Waals surface area contributed by atoms with E-state index in [0.717, 1.165) is 12.1 Å². The SMILES string of the molecule is Cc1cc(C)nc(NC(=O)c2ccc([N+](=O)[O-])c(O)c2)n1. The van der Waals surface area contributed by atoms with Gasteiger partial charge in [-0.2, -0.15) is 0 Å². The maximum Gasteiger partial charge on any atom is 0.310 e. The molecule has 2 aromatic rings. The second-order valence-electron chi connectivity index (χ2n) is 4.39. The van der Waals surface area contributed by atoms with Gasteiger partial charge in [0.25, 0.3) is 5.91 Å². The zero-order valence-corrected chi connectivity index (χ0v) is 11.3. The number of aromatic hydroxyl groups is 1. The predicted molar refractivity (Wildman–Crippen MR) is 74.2 cm³/mol. The second kappa shape index (κ2) is 5.53. The van der Waals surface area contributed by atoms with Gasteiger partial charge in [-0.25, -0.2) is 9.97 Å². The normalized spacial score (nSPS) is 10.2. The number of phenolic OH excluding ortho intramolecular Hbond substituents is 1. The van der Waals surface area contributed by atoms with Gasteiger partial charge in [-0.1, -0.05) is 0 Å². The van der Waals surface area contributed by atoms with Crippen molar-refractivity contribution in [3.8, 4) is 5.75 Å². The molecule has 1 aromatic carbocycles. The summed E-state index contributed by atoms with van der Waals surface area (Å²) in [5.41, 5.74) is 1.00. The number of benzene rings is 1. The van der Waals surface area contributed by atoms with Crippen LogP contribution >= 0.6 is 0 Å². The number of nitrogens with zero attached hydrogens (tertiary/aromatic N) is 3. The van der Waals surface area contributed by atoms with Crippen molar-refractivity contribution in [2.75, 3.05) is 5.32 Å². The number of phenols is 1. The predicted octanol–water partition coefficient (Wildman–Crippen LogP) is 1.96. The molecule has 8 heteroatoms. The van der Waals surface area contributed by atoms with Crippen LogP contribution in [0.1, 0.15) is 21.7 Å². The molecule has 108 valence electrons. The van der Waals surface area contributed by atoms with E-state index in [1.807, 2.05) is 0 Å². The maximum absolute atomic E-state index is 12.0. The lowest BCUT2D eigenvalue weighted by Crippen LogP contribution is -2.15. The number of amides is 1. The summed E-state index contributed by atoms with van der Waals surface area (Å²) in [5, 5.41) is 22.6. The Hall–Kier alpha value is -3.03. The molecule has 0 aliphatic heterocycles. The molecule has 0 saturated heterocycles. The van der Waals surface area contributed by atoms with E-state index >= 15 is 0 Å². The number of aromatic nitrogens is 2. The number of rotatable bonds is 3. The quantitative estimate of drug-likeness (QED) is 0.658. The Bertz CT molecular complexity index is 710. The summed E-state index contributed by atoms with van der Waals surface area (Å²) in [5.74, 6) is -1.01. The van der Waals surface area contributed by atoms with Crippen LogP contribution in [0, 0.1) is 24.0 Å². The van der Waals surface area contributed by atoms with Crippen LogP contribution in [0.15, 0.2) is 24.3 Å². The molecular weight excluding hydrogens is 276 g/mol. The Labute approximate surface area is 119 Å². The van der Waals surface area contributed by atoms with Crippen molar-refractivity contribution < 1.29 is 14.8 Å². The molecule has 0 radical (unpaired) electrons. The third kappa shape index (κ3) is 3.30. The average molecular weight is 288 g/mol. The molecule has 1 heterocycles. The molecule has 0 aliphatic rings. The van der Waals surface area contributed by atoms with Crippen molar-refractivity contribution in [3.05, 3.63) is 51.3 Å². The fourth-order valence-electron chi connectivity index (χ4n) is 1.77. The highest BCUT2D eigenvalue weighted by molar-refractivity contribution is 6.03. The summed E-state index contributed by atoms with van der Waals surface area (Å²) >= 11 is 0. The molecule has 0 saturated carbocycles. The lowest BCUT2D eigenvalue weighted by molar-refractivity contribution is -0.385. The van der Waals surface area contributed by atoms with Gasteiger partial charge in [0, 0.05) is 23.0 Å². The number of carbonyl (C=O) groups excluding carboxylic acids is 1. The molecule has 0 atom stereocenters. The van der Waals surface area contributed by atoms with Crippen molar-refractivity contribution in [2.45, 2.75) is 13.8 Å². The van der Waals surface area contributed by atoms with Crippen LogP contribution in [-0.4, -0.2) is 25.9 Å². The van der Waals surface area contributed by atoms with Gasteiger partial charge in [0.05, 0.1) is 4.92 Å². The van der Waals surface area contributed by atoms with E-state index in [-0.39, 0.29) is 11.5 Å². The van der Waals surface area contributed by atoms with Crippen molar-refractivity contribution in [2.24, 2.45) is 0 Å². The number of anilines is 1. The minimum atomic E-state index is -0.732. The zero-order chi connectivity index (χ0) is 15.6. The molecule has 0 bridgehead atoms. The van der Waals surface area contributed by atoms with E-state index < -0.39 is 22.3 Å². The summed E-state index contributed by atoms with van der Waals surface area (Å²) in [6.07, 6.45) is 0. The lowest BCUT2D eigenvalue weighted by atomic mass is 10.2. The van der Waals surface area contributed by atoms with E-state index in [2.05, 4.69) is 15.3 Å². The highest BCUT2D eigenvalue weighted by Crippen LogP contribution is 2.26. The third-order valence-corrected chi connectivity index (χ3v) is 2.64. The van der Waals surface area contributed by atoms with Crippen molar-refractivity contribution in [1.82, 2.24) is 9.97 Å².